The number of rotatable bonds is 35. The number of thioether (sulfide) groups is 1. The highest BCUT2D eigenvalue weighted by molar-refractivity contribution is 7.99. The summed E-state index contributed by atoms with van der Waals surface area (Å²) in [5, 5.41) is 0. The van der Waals surface area contributed by atoms with Crippen LogP contribution in [0.25, 0.3) is 0 Å². The molecule has 0 atom stereocenters. The molecule has 0 amide bonds. The van der Waals surface area contributed by atoms with E-state index in [0.29, 0.717) is 0 Å². The van der Waals surface area contributed by atoms with Crippen molar-refractivity contribution < 1.29 is 0 Å². The fourth-order valence-corrected chi connectivity index (χ4v) is 6.80. The molecule has 0 fully saturated rings. The number of hydrogen-bond donors (Lipinski definition) is 0. The van der Waals surface area contributed by atoms with Crippen molar-refractivity contribution >= 4 is 11.8 Å². The molecule has 0 nitrogen and oxygen atoms in total. The predicted octanol–water partition coefficient (Wildman–Crippen LogP) is 14.6. The molecule has 0 saturated carbocycles. The summed E-state index contributed by atoms with van der Waals surface area (Å²) in [5.74, 6) is 2.83. The normalized spacial score (nSPS) is 11.5. The molecule has 230 valence electrons. The Morgan fingerprint density at radius 3 is 0.553 bits per heavy atom. The first-order chi connectivity index (χ1) is 18.9. The topological polar surface area (TPSA) is 0 Å². The van der Waals surface area contributed by atoms with Gasteiger partial charge in [-0.1, -0.05) is 213 Å². The summed E-state index contributed by atoms with van der Waals surface area (Å²) >= 11 is 2.23. The Morgan fingerprint density at radius 2 is 0.368 bits per heavy atom. The summed E-state index contributed by atoms with van der Waals surface area (Å²) in [6, 6.07) is 0. The van der Waals surface area contributed by atoms with Gasteiger partial charge in [-0.15, -0.1) is 0 Å². The van der Waals surface area contributed by atoms with Crippen LogP contribution in [0.3, 0.4) is 0 Å². The standard InChI is InChI=1S/C37H76S/c1-3-5-7-9-11-13-15-17-18-19-20-21-22-23-25-27-29-31-33-35-37-38-36-34-32-30-28-26-24-16-14-12-10-8-6-4-2/h3-37H2,1-2H3. The Morgan fingerprint density at radius 1 is 0.211 bits per heavy atom. The minimum Gasteiger partial charge on any atom is -0.162 e. The largest absolute Gasteiger partial charge is 0.162 e. The highest BCUT2D eigenvalue weighted by Gasteiger charge is 1.97. The average molecular weight is 553 g/mol. The van der Waals surface area contributed by atoms with Crippen LogP contribution in [0.2, 0.25) is 0 Å². The van der Waals surface area contributed by atoms with Crippen LogP contribution >= 0.6 is 11.8 Å². The summed E-state index contributed by atoms with van der Waals surface area (Å²) in [6.07, 6.45) is 48.7. The van der Waals surface area contributed by atoms with E-state index < -0.39 is 0 Å². The molecule has 1 heteroatoms. The molecule has 0 unspecified atom stereocenters. The molecule has 0 radical (unpaired) electrons. The maximum Gasteiger partial charge on any atom is -0.00675 e. The van der Waals surface area contributed by atoms with Crippen molar-refractivity contribution in [1.29, 1.82) is 0 Å². The fourth-order valence-electron chi connectivity index (χ4n) is 5.78. The molecule has 0 aliphatic carbocycles. The molecule has 0 spiro atoms. The van der Waals surface area contributed by atoms with E-state index in [4.69, 9.17) is 0 Å². The molecule has 0 bridgehead atoms. The van der Waals surface area contributed by atoms with Gasteiger partial charge in [0.25, 0.3) is 0 Å². The Labute approximate surface area is 248 Å². The summed E-state index contributed by atoms with van der Waals surface area (Å²) in [5.41, 5.74) is 0. The molecule has 0 heterocycles. The first kappa shape index (κ1) is 38.4. The lowest BCUT2D eigenvalue weighted by Gasteiger charge is -2.05. The van der Waals surface area contributed by atoms with E-state index in [0.717, 1.165) is 0 Å². The van der Waals surface area contributed by atoms with E-state index in [-0.39, 0.29) is 0 Å². The van der Waals surface area contributed by atoms with Crippen molar-refractivity contribution in [3.8, 4) is 0 Å². The van der Waals surface area contributed by atoms with Crippen molar-refractivity contribution in [3.05, 3.63) is 0 Å². The van der Waals surface area contributed by atoms with Gasteiger partial charge in [-0.25, -0.2) is 0 Å². The van der Waals surface area contributed by atoms with Crippen LogP contribution in [0, 0.1) is 0 Å². The van der Waals surface area contributed by atoms with Crippen molar-refractivity contribution in [3.63, 3.8) is 0 Å². The number of hydrogen-bond acceptors (Lipinski definition) is 1. The summed E-state index contributed by atoms with van der Waals surface area (Å²) < 4.78 is 0. The van der Waals surface area contributed by atoms with Gasteiger partial charge in [0.2, 0.25) is 0 Å². The van der Waals surface area contributed by atoms with Gasteiger partial charge < -0.3 is 0 Å². The van der Waals surface area contributed by atoms with Crippen LogP contribution in [0.1, 0.15) is 226 Å². The first-order valence-electron chi connectivity index (χ1n) is 18.5. The lowest BCUT2D eigenvalue weighted by molar-refractivity contribution is 0.523. The van der Waals surface area contributed by atoms with Crippen LogP contribution in [0.4, 0.5) is 0 Å². The third kappa shape index (κ3) is 36.4. The molecule has 0 aromatic rings. The monoisotopic (exact) mass is 553 g/mol. The van der Waals surface area contributed by atoms with Crippen LogP contribution in [-0.2, 0) is 0 Å². The van der Waals surface area contributed by atoms with Gasteiger partial charge in [-0.3, -0.25) is 0 Å². The quantitative estimate of drug-likeness (QED) is 0.0704. The molecule has 0 N–H and O–H groups in total. The zero-order chi connectivity index (χ0) is 27.5. The van der Waals surface area contributed by atoms with Gasteiger partial charge in [0, 0.05) is 0 Å². The van der Waals surface area contributed by atoms with Crippen molar-refractivity contribution in [2.45, 2.75) is 226 Å². The second-order valence-corrected chi connectivity index (χ2v) is 13.8. The average Bonchev–Trinajstić information content (AvgIpc) is 2.93. The minimum atomic E-state index is 1.37. The third-order valence-corrected chi connectivity index (χ3v) is 9.69. The summed E-state index contributed by atoms with van der Waals surface area (Å²) in [7, 11) is 0. The van der Waals surface area contributed by atoms with Crippen LogP contribution in [0.5, 0.6) is 0 Å². The molecule has 0 aliphatic rings. The van der Waals surface area contributed by atoms with Crippen LogP contribution < -0.4 is 0 Å². The Hall–Kier alpha value is 0.350. The predicted molar refractivity (Wildman–Crippen MR) is 181 cm³/mol. The molecule has 0 rings (SSSR count). The van der Waals surface area contributed by atoms with Crippen molar-refractivity contribution in [2.75, 3.05) is 11.5 Å². The molecular weight excluding hydrogens is 476 g/mol. The van der Waals surface area contributed by atoms with E-state index >= 15 is 0 Å². The number of unbranched alkanes of at least 4 members (excludes halogenated alkanes) is 31. The molecule has 0 saturated heterocycles. The van der Waals surface area contributed by atoms with Gasteiger partial charge in [0.15, 0.2) is 0 Å². The maximum atomic E-state index is 2.31. The minimum absolute atomic E-state index is 1.37. The maximum absolute atomic E-state index is 2.31. The fraction of sp³-hybridized carbons (Fsp3) is 1.00. The summed E-state index contributed by atoms with van der Waals surface area (Å²) in [6.45, 7) is 4.62. The van der Waals surface area contributed by atoms with E-state index in [2.05, 4.69) is 25.6 Å². The van der Waals surface area contributed by atoms with E-state index in [1.54, 1.807) is 0 Å². The van der Waals surface area contributed by atoms with Crippen LogP contribution in [0.15, 0.2) is 0 Å². The highest BCUT2D eigenvalue weighted by Crippen LogP contribution is 2.17. The van der Waals surface area contributed by atoms with E-state index in [9.17, 15) is 0 Å². The van der Waals surface area contributed by atoms with Crippen molar-refractivity contribution in [2.24, 2.45) is 0 Å². The van der Waals surface area contributed by atoms with Gasteiger partial charge in [0.1, 0.15) is 0 Å². The second kappa shape index (κ2) is 37.4. The highest BCUT2D eigenvalue weighted by atomic mass is 32.2. The lowest BCUT2D eigenvalue weighted by Crippen LogP contribution is -1.87. The molecular formula is C37H76S. The molecule has 38 heavy (non-hydrogen) atoms. The second-order valence-electron chi connectivity index (χ2n) is 12.6. The zero-order valence-electron chi connectivity index (χ0n) is 27.2. The summed E-state index contributed by atoms with van der Waals surface area (Å²) in [4.78, 5) is 0. The SMILES string of the molecule is CCCCCCCCCCCCCCCCCCCCCCSCCCCCCCCCCCCCCC. The molecule has 0 aliphatic heterocycles. The van der Waals surface area contributed by atoms with Gasteiger partial charge in [-0.2, -0.15) is 11.8 Å². The zero-order valence-corrected chi connectivity index (χ0v) is 28.0. The van der Waals surface area contributed by atoms with Gasteiger partial charge in [-0.05, 0) is 24.3 Å². The first-order valence-corrected chi connectivity index (χ1v) is 19.6. The smallest absolute Gasteiger partial charge is 0.00675 e. The molecule has 0 aromatic heterocycles. The van der Waals surface area contributed by atoms with E-state index in [1.807, 2.05) is 0 Å². The van der Waals surface area contributed by atoms with Crippen LogP contribution in [-0.4, -0.2) is 11.5 Å². The Bertz CT molecular complexity index is 343. The van der Waals surface area contributed by atoms with E-state index in [1.165, 1.54) is 223 Å². The van der Waals surface area contributed by atoms with Gasteiger partial charge >= 0.3 is 0 Å². The third-order valence-electron chi connectivity index (χ3n) is 8.53. The Balaban J connectivity index is 3.01. The lowest BCUT2D eigenvalue weighted by atomic mass is 10.0. The van der Waals surface area contributed by atoms with Crippen molar-refractivity contribution in [1.82, 2.24) is 0 Å². The molecule has 0 aromatic carbocycles. The van der Waals surface area contributed by atoms with Gasteiger partial charge in [0.05, 0.1) is 0 Å². The Kier molecular flexibility index (Phi) is 37.7.